The zero-order valence-corrected chi connectivity index (χ0v) is 16.2. The van der Waals surface area contributed by atoms with Crippen molar-refractivity contribution in [1.29, 1.82) is 0 Å². The number of aromatic amines is 1. The molecule has 1 N–H and O–H groups in total. The smallest absolute Gasteiger partial charge is 0.387 e. The van der Waals surface area contributed by atoms with E-state index in [0.29, 0.717) is 40.3 Å². The van der Waals surface area contributed by atoms with Crippen molar-refractivity contribution in [2.75, 3.05) is 6.54 Å². The molecule has 0 aliphatic carbocycles. The second kappa shape index (κ2) is 9.00. The molecule has 0 saturated carbocycles. The van der Waals surface area contributed by atoms with Crippen molar-refractivity contribution in [3.8, 4) is 5.75 Å². The molecule has 0 unspecified atom stereocenters. The van der Waals surface area contributed by atoms with E-state index in [2.05, 4.69) is 14.7 Å². The average molecular weight is 422 g/mol. The number of alkyl halides is 2. The SMILES string of the molecule is CCCN(Cc1nc2cc(Cl)ccc2c(=O)[nH]1)C(=O)c1ccc(OC(F)F)cc1. The molecule has 0 radical (unpaired) electrons. The number of halogens is 3. The number of ether oxygens (including phenoxy) is 1. The Morgan fingerprint density at radius 1 is 1.24 bits per heavy atom. The number of hydrogen-bond acceptors (Lipinski definition) is 4. The van der Waals surface area contributed by atoms with E-state index in [1.165, 1.54) is 29.2 Å². The van der Waals surface area contributed by atoms with E-state index in [1.807, 2.05) is 6.92 Å². The molecule has 0 spiro atoms. The average Bonchev–Trinajstić information content (AvgIpc) is 2.67. The van der Waals surface area contributed by atoms with Crippen LogP contribution in [0.4, 0.5) is 8.78 Å². The van der Waals surface area contributed by atoms with Crippen LogP contribution in [0, 0.1) is 0 Å². The van der Waals surface area contributed by atoms with Gasteiger partial charge in [-0.15, -0.1) is 0 Å². The second-order valence-electron chi connectivity index (χ2n) is 6.30. The normalized spacial score (nSPS) is 11.1. The monoisotopic (exact) mass is 421 g/mol. The highest BCUT2D eigenvalue weighted by Crippen LogP contribution is 2.18. The van der Waals surface area contributed by atoms with Crippen LogP contribution in [0.15, 0.2) is 47.3 Å². The number of nitrogens with one attached hydrogen (secondary N) is 1. The lowest BCUT2D eigenvalue weighted by atomic mass is 10.2. The van der Waals surface area contributed by atoms with E-state index in [4.69, 9.17) is 11.6 Å². The summed E-state index contributed by atoms with van der Waals surface area (Å²) >= 11 is 5.98. The molecule has 0 saturated heterocycles. The first-order valence-corrected chi connectivity index (χ1v) is 9.27. The Labute approximate surface area is 170 Å². The fourth-order valence-corrected chi connectivity index (χ4v) is 3.07. The van der Waals surface area contributed by atoms with E-state index in [0.717, 1.165) is 0 Å². The van der Waals surface area contributed by atoms with Crippen molar-refractivity contribution in [2.45, 2.75) is 26.5 Å². The van der Waals surface area contributed by atoms with E-state index in [-0.39, 0.29) is 23.8 Å². The van der Waals surface area contributed by atoms with Crippen LogP contribution in [-0.2, 0) is 6.54 Å². The minimum atomic E-state index is -2.93. The fraction of sp³-hybridized carbons (Fsp3) is 0.250. The van der Waals surface area contributed by atoms with Crippen LogP contribution in [0.25, 0.3) is 10.9 Å². The van der Waals surface area contributed by atoms with E-state index >= 15 is 0 Å². The largest absolute Gasteiger partial charge is 0.435 e. The number of fused-ring (bicyclic) bond motifs is 1. The molecule has 1 heterocycles. The highest BCUT2D eigenvalue weighted by Gasteiger charge is 2.18. The summed E-state index contributed by atoms with van der Waals surface area (Å²) in [6, 6.07) is 10.2. The van der Waals surface area contributed by atoms with Crippen molar-refractivity contribution in [3.05, 3.63) is 69.2 Å². The van der Waals surface area contributed by atoms with Gasteiger partial charge in [0, 0.05) is 17.1 Å². The summed E-state index contributed by atoms with van der Waals surface area (Å²) in [6.07, 6.45) is 0.682. The maximum atomic E-state index is 12.9. The minimum Gasteiger partial charge on any atom is -0.435 e. The molecule has 3 rings (SSSR count). The van der Waals surface area contributed by atoms with Crippen LogP contribution in [0.1, 0.15) is 29.5 Å². The van der Waals surface area contributed by atoms with Gasteiger partial charge in [-0.2, -0.15) is 8.78 Å². The number of benzene rings is 2. The first kappa shape index (κ1) is 20.7. The molecule has 29 heavy (non-hydrogen) atoms. The van der Waals surface area contributed by atoms with E-state index in [9.17, 15) is 18.4 Å². The predicted octanol–water partition coefficient (Wildman–Crippen LogP) is 4.23. The standard InChI is InChI=1S/C20H18ClF2N3O3/c1-2-9-26(19(28)12-3-6-14(7-4-12)29-20(22)23)11-17-24-16-10-13(21)5-8-15(16)18(27)25-17/h3-8,10,20H,2,9,11H2,1H3,(H,24,25,27). The van der Waals surface area contributed by atoms with Gasteiger partial charge in [-0.05, 0) is 48.9 Å². The Bertz CT molecular complexity index is 1070. The summed E-state index contributed by atoms with van der Waals surface area (Å²) in [4.78, 5) is 33.8. The topological polar surface area (TPSA) is 75.3 Å². The molecule has 9 heteroatoms. The third kappa shape index (κ3) is 5.08. The first-order chi connectivity index (χ1) is 13.9. The molecule has 152 valence electrons. The van der Waals surface area contributed by atoms with Crippen molar-refractivity contribution < 1.29 is 18.3 Å². The molecule has 1 aromatic heterocycles. The van der Waals surface area contributed by atoms with Gasteiger partial charge in [0.1, 0.15) is 11.6 Å². The predicted molar refractivity (Wildman–Crippen MR) is 105 cm³/mol. The third-order valence-corrected chi connectivity index (χ3v) is 4.40. The van der Waals surface area contributed by atoms with Gasteiger partial charge in [0.05, 0.1) is 17.4 Å². The first-order valence-electron chi connectivity index (χ1n) is 8.90. The molecule has 2 aromatic carbocycles. The van der Waals surface area contributed by atoms with Crippen molar-refractivity contribution in [1.82, 2.24) is 14.9 Å². The molecular weight excluding hydrogens is 404 g/mol. The summed E-state index contributed by atoms with van der Waals surface area (Å²) in [7, 11) is 0. The molecular formula is C20H18ClF2N3O3. The summed E-state index contributed by atoms with van der Waals surface area (Å²) in [5, 5.41) is 0.857. The maximum Gasteiger partial charge on any atom is 0.387 e. The highest BCUT2D eigenvalue weighted by atomic mass is 35.5. The van der Waals surface area contributed by atoms with E-state index in [1.54, 1.807) is 18.2 Å². The van der Waals surface area contributed by atoms with Crippen LogP contribution in [0.3, 0.4) is 0 Å². The van der Waals surface area contributed by atoms with Gasteiger partial charge in [0.2, 0.25) is 0 Å². The van der Waals surface area contributed by atoms with Crippen LogP contribution in [-0.4, -0.2) is 33.9 Å². The maximum absolute atomic E-state index is 12.9. The Hall–Kier alpha value is -3.00. The molecule has 6 nitrogen and oxygen atoms in total. The molecule has 0 aliphatic heterocycles. The van der Waals surface area contributed by atoms with Gasteiger partial charge in [0.15, 0.2) is 0 Å². The number of hydrogen-bond donors (Lipinski definition) is 1. The Morgan fingerprint density at radius 3 is 2.62 bits per heavy atom. The zero-order valence-electron chi connectivity index (χ0n) is 15.5. The summed E-state index contributed by atoms with van der Waals surface area (Å²) in [5.74, 6) is -0.0236. The number of nitrogens with zero attached hydrogens (tertiary/aromatic N) is 2. The molecule has 0 bridgehead atoms. The lowest BCUT2D eigenvalue weighted by Crippen LogP contribution is -2.32. The quantitative estimate of drug-likeness (QED) is 0.619. The van der Waals surface area contributed by atoms with Gasteiger partial charge in [-0.1, -0.05) is 18.5 Å². The molecule has 1 amide bonds. The van der Waals surface area contributed by atoms with Gasteiger partial charge < -0.3 is 14.6 Å². The fourth-order valence-electron chi connectivity index (χ4n) is 2.90. The van der Waals surface area contributed by atoms with Crippen molar-refractivity contribution in [2.24, 2.45) is 0 Å². The van der Waals surface area contributed by atoms with Crippen molar-refractivity contribution >= 4 is 28.4 Å². The van der Waals surface area contributed by atoms with Crippen LogP contribution in [0.5, 0.6) is 5.75 Å². The Morgan fingerprint density at radius 2 is 1.97 bits per heavy atom. The number of H-pyrrole nitrogens is 1. The van der Waals surface area contributed by atoms with Gasteiger partial charge in [0.25, 0.3) is 11.5 Å². The lowest BCUT2D eigenvalue weighted by Gasteiger charge is -2.22. The summed E-state index contributed by atoms with van der Waals surface area (Å²) in [5.41, 5.74) is 0.430. The Balaban J connectivity index is 1.85. The number of amides is 1. The summed E-state index contributed by atoms with van der Waals surface area (Å²) in [6.45, 7) is -0.515. The second-order valence-corrected chi connectivity index (χ2v) is 6.74. The van der Waals surface area contributed by atoms with Gasteiger partial charge in [-0.25, -0.2) is 4.98 Å². The Kier molecular flexibility index (Phi) is 6.43. The molecule has 0 fully saturated rings. The highest BCUT2D eigenvalue weighted by molar-refractivity contribution is 6.31. The summed E-state index contributed by atoms with van der Waals surface area (Å²) < 4.78 is 28.9. The van der Waals surface area contributed by atoms with Crippen LogP contribution >= 0.6 is 11.6 Å². The van der Waals surface area contributed by atoms with Crippen LogP contribution < -0.4 is 10.3 Å². The minimum absolute atomic E-state index is 0.0315. The lowest BCUT2D eigenvalue weighted by molar-refractivity contribution is -0.0498. The van der Waals surface area contributed by atoms with E-state index < -0.39 is 6.61 Å². The number of aromatic nitrogens is 2. The molecule has 0 aliphatic rings. The van der Waals surface area contributed by atoms with Gasteiger partial charge in [-0.3, -0.25) is 9.59 Å². The number of rotatable bonds is 7. The van der Waals surface area contributed by atoms with Gasteiger partial charge >= 0.3 is 6.61 Å². The number of carbonyl (C=O) groups is 1. The van der Waals surface area contributed by atoms with Crippen LogP contribution in [0.2, 0.25) is 5.02 Å². The number of carbonyl (C=O) groups excluding carboxylic acids is 1. The third-order valence-electron chi connectivity index (χ3n) is 4.17. The van der Waals surface area contributed by atoms with Crippen molar-refractivity contribution in [3.63, 3.8) is 0 Å². The molecule has 0 atom stereocenters. The molecule has 3 aromatic rings. The zero-order chi connectivity index (χ0) is 21.0.